The maximum Gasteiger partial charge on any atom is 0.195 e. The summed E-state index contributed by atoms with van der Waals surface area (Å²) < 4.78 is 2.20. The van der Waals surface area contributed by atoms with E-state index >= 15 is 0 Å². The fourth-order valence-electron chi connectivity index (χ4n) is 2.52. The average molecular weight is 264 g/mol. The molecular formula is C13H20N4S. The summed E-state index contributed by atoms with van der Waals surface area (Å²) in [4.78, 5) is 8.23. The molecule has 0 radical (unpaired) electrons. The Morgan fingerprint density at radius 1 is 1.61 bits per heavy atom. The van der Waals surface area contributed by atoms with Crippen LogP contribution in [0.25, 0.3) is 4.96 Å². The Bertz CT molecular complexity index is 540. The molecule has 0 bridgehead atoms. The Labute approximate surface area is 112 Å². The van der Waals surface area contributed by atoms with Gasteiger partial charge in [0.2, 0.25) is 0 Å². The highest BCUT2D eigenvalue weighted by Gasteiger charge is 2.32. The number of aromatic nitrogens is 2. The molecule has 1 aliphatic rings. The predicted octanol–water partition coefficient (Wildman–Crippen LogP) is 2.35. The van der Waals surface area contributed by atoms with E-state index in [9.17, 15) is 0 Å². The van der Waals surface area contributed by atoms with Gasteiger partial charge in [0.25, 0.3) is 0 Å². The summed E-state index contributed by atoms with van der Waals surface area (Å²) in [5, 5.41) is 5.34. The van der Waals surface area contributed by atoms with E-state index in [4.69, 9.17) is 4.98 Å². The van der Waals surface area contributed by atoms with Crippen molar-refractivity contribution in [2.24, 2.45) is 5.92 Å². The predicted molar refractivity (Wildman–Crippen MR) is 76.4 cm³/mol. The smallest absolute Gasteiger partial charge is 0.195 e. The van der Waals surface area contributed by atoms with Crippen molar-refractivity contribution in [1.29, 1.82) is 0 Å². The first-order valence-corrected chi connectivity index (χ1v) is 7.42. The largest absolute Gasteiger partial charge is 0.355 e. The highest BCUT2D eigenvalue weighted by atomic mass is 32.1. The Hall–Kier alpha value is -1.07. The molecule has 4 nitrogen and oxygen atoms in total. The van der Waals surface area contributed by atoms with Crippen LogP contribution in [0.4, 0.5) is 5.82 Å². The molecule has 0 spiro atoms. The van der Waals surface area contributed by atoms with E-state index in [1.54, 1.807) is 11.3 Å². The van der Waals surface area contributed by atoms with E-state index in [2.05, 4.69) is 40.2 Å². The van der Waals surface area contributed by atoms with E-state index in [0.29, 0.717) is 6.04 Å². The third-order valence-corrected chi connectivity index (χ3v) is 4.69. The van der Waals surface area contributed by atoms with Gasteiger partial charge in [0.1, 0.15) is 0 Å². The van der Waals surface area contributed by atoms with Crippen LogP contribution in [0.15, 0.2) is 11.6 Å². The molecule has 1 N–H and O–H groups in total. The first kappa shape index (κ1) is 12.0. The zero-order valence-corrected chi connectivity index (χ0v) is 12.0. The fraction of sp³-hybridized carbons (Fsp3) is 0.615. The molecule has 1 saturated carbocycles. The van der Waals surface area contributed by atoms with E-state index < -0.39 is 0 Å². The Morgan fingerprint density at radius 3 is 3.06 bits per heavy atom. The first-order valence-electron chi connectivity index (χ1n) is 6.54. The highest BCUT2D eigenvalue weighted by Crippen LogP contribution is 2.37. The van der Waals surface area contributed by atoms with Gasteiger partial charge in [-0.15, -0.1) is 11.3 Å². The van der Waals surface area contributed by atoms with Crippen LogP contribution in [0.5, 0.6) is 0 Å². The van der Waals surface area contributed by atoms with Gasteiger partial charge in [0.05, 0.1) is 5.69 Å². The Morgan fingerprint density at radius 2 is 2.39 bits per heavy atom. The lowest BCUT2D eigenvalue weighted by molar-refractivity contribution is 0.601. The zero-order valence-electron chi connectivity index (χ0n) is 11.2. The molecule has 3 rings (SSSR count). The zero-order chi connectivity index (χ0) is 12.7. The molecule has 5 heteroatoms. The van der Waals surface area contributed by atoms with Crippen LogP contribution in [0.2, 0.25) is 0 Å². The van der Waals surface area contributed by atoms with Crippen LogP contribution in [-0.2, 0) is 6.54 Å². The second-order valence-corrected chi connectivity index (χ2v) is 6.03. The molecule has 2 heterocycles. The van der Waals surface area contributed by atoms with Crippen molar-refractivity contribution in [1.82, 2.24) is 14.7 Å². The van der Waals surface area contributed by atoms with E-state index in [1.165, 1.54) is 18.5 Å². The van der Waals surface area contributed by atoms with E-state index in [1.807, 2.05) is 7.05 Å². The molecule has 0 saturated heterocycles. The second-order valence-electron chi connectivity index (χ2n) is 5.16. The summed E-state index contributed by atoms with van der Waals surface area (Å²) in [5.41, 5.74) is 1.27. The Kier molecular flexibility index (Phi) is 3.03. The summed E-state index contributed by atoms with van der Waals surface area (Å²) in [5.74, 6) is 1.99. The van der Waals surface area contributed by atoms with Crippen molar-refractivity contribution in [3.05, 3.63) is 17.3 Å². The van der Waals surface area contributed by atoms with Gasteiger partial charge in [0, 0.05) is 31.2 Å². The monoisotopic (exact) mass is 264 g/mol. The van der Waals surface area contributed by atoms with Gasteiger partial charge in [-0.05, 0) is 32.7 Å². The Balaban J connectivity index is 1.98. The van der Waals surface area contributed by atoms with Crippen LogP contribution in [0.3, 0.4) is 0 Å². The van der Waals surface area contributed by atoms with Gasteiger partial charge in [-0.25, -0.2) is 4.98 Å². The molecule has 0 amide bonds. The highest BCUT2D eigenvalue weighted by molar-refractivity contribution is 7.15. The third kappa shape index (κ3) is 1.91. The molecule has 2 aromatic rings. The van der Waals surface area contributed by atoms with E-state index in [-0.39, 0.29) is 0 Å². The lowest BCUT2D eigenvalue weighted by Gasteiger charge is -2.26. The van der Waals surface area contributed by atoms with Crippen molar-refractivity contribution < 1.29 is 0 Å². The number of hydrogen-bond acceptors (Lipinski definition) is 4. The van der Waals surface area contributed by atoms with Crippen molar-refractivity contribution in [3.63, 3.8) is 0 Å². The van der Waals surface area contributed by atoms with Crippen LogP contribution in [-0.4, -0.2) is 29.5 Å². The quantitative estimate of drug-likeness (QED) is 0.900. The van der Waals surface area contributed by atoms with Gasteiger partial charge in [-0.3, -0.25) is 4.40 Å². The second kappa shape index (κ2) is 4.55. The normalized spacial score (nSPS) is 17.3. The number of nitrogens with one attached hydrogen (secondary N) is 1. The SMILES string of the molecule is CNCc1c(N(C)C(C)C2CC2)nc2sccn12. The molecule has 1 fully saturated rings. The van der Waals surface area contributed by atoms with Crippen LogP contribution in [0.1, 0.15) is 25.5 Å². The standard InChI is InChI=1S/C13H20N4S/c1-9(10-4-5-10)16(3)12-11(8-14-2)17-6-7-18-13(17)15-12/h6-7,9-10,14H,4-5,8H2,1-3H3. The van der Waals surface area contributed by atoms with Crippen molar-refractivity contribution in [3.8, 4) is 0 Å². The lowest BCUT2D eigenvalue weighted by Crippen LogP contribution is -2.32. The van der Waals surface area contributed by atoms with Crippen molar-refractivity contribution >= 4 is 22.1 Å². The molecule has 0 aliphatic heterocycles. The van der Waals surface area contributed by atoms with Crippen LogP contribution >= 0.6 is 11.3 Å². The molecule has 1 aliphatic carbocycles. The maximum atomic E-state index is 4.79. The molecule has 1 atom stereocenters. The molecule has 98 valence electrons. The number of fused-ring (bicyclic) bond motifs is 1. The van der Waals surface area contributed by atoms with Gasteiger partial charge < -0.3 is 10.2 Å². The topological polar surface area (TPSA) is 32.6 Å². The van der Waals surface area contributed by atoms with Crippen LogP contribution in [0, 0.1) is 5.92 Å². The lowest BCUT2D eigenvalue weighted by atomic mass is 10.2. The van der Waals surface area contributed by atoms with Crippen molar-refractivity contribution in [2.45, 2.75) is 32.4 Å². The molecule has 1 unspecified atom stereocenters. The number of hydrogen-bond donors (Lipinski definition) is 1. The average Bonchev–Trinajstić information content (AvgIpc) is 3.02. The number of anilines is 1. The molecule has 2 aromatic heterocycles. The summed E-state index contributed by atoms with van der Waals surface area (Å²) in [6.07, 6.45) is 4.85. The minimum absolute atomic E-state index is 0.588. The third-order valence-electron chi connectivity index (χ3n) is 3.93. The molecule has 18 heavy (non-hydrogen) atoms. The summed E-state index contributed by atoms with van der Waals surface area (Å²) >= 11 is 1.70. The van der Waals surface area contributed by atoms with Crippen molar-refractivity contribution in [2.75, 3.05) is 19.0 Å². The first-order chi connectivity index (χ1) is 8.72. The van der Waals surface area contributed by atoms with Gasteiger partial charge >= 0.3 is 0 Å². The molecule has 0 aromatic carbocycles. The van der Waals surface area contributed by atoms with Gasteiger partial charge in [-0.1, -0.05) is 0 Å². The minimum atomic E-state index is 0.588. The number of imidazole rings is 1. The minimum Gasteiger partial charge on any atom is -0.355 e. The summed E-state index contributed by atoms with van der Waals surface area (Å²) in [6.45, 7) is 3.17. The number of nitrogens with zero attached hydrogens (tertiary/aromatic N) is 3. The molecular weight excluding hydrogens is 244 g/mol. The number of thiazole rings is 1. The maximum absolute atomic E-state index is 4.79. The number of rotatable bonds is 5. The van der Waals surface area contributed by atoms with Gasteiger partial charge in [0.15, 0.2) is 10.8 Å². The fourth-order valence-corrected chi connectivity index (χ4v) is 3.25. The summed E-state index contributed by atoms with van der Waals surface area (Å²) in [6, 6.07) is 0.588. The van der Waals surface area contributed by atoms with Crippen LogP contribution < -0.4 is 10.2 Å². The van der Waals surface area contributed by atoms with Gasteiger partial charge in [-0.2, -0.15) is 0 Å². The van der Waals surface area contributed by atoms with E-state index in [0.717, 1.165) is 23.2 Å². The summed E-state index contributed by atoms with van der Waals surface area (Å²) in [7, 11) is 4.16.